The second-order valence-corrected chi connectivity index (χ2v) is 5.41. The van der Waals surface area contributed by atoms with Crippen molar-refractivity contribution in [2.45, 2.75) is 0 Å². The van der Waals surface area contributed by atoms with Gasteiger partial charge < -0.3 is 5.32 Å². The molecule has 1 N–H and O–H groups in total. The van der Waals surface area contributed by atoms with Crippen LogP contribution >= 0.6 is 27.3 Å². The molecule has 0 saturated heterocycles. The zero-order valence-corrected chi connectivity index (χ0v) is 11.9. The van der Waals surface area contributed by atoms with E-state index in [1.54, 1.807) is 16.8 Å². The predicted octanol–water partition coefficient (Wildman–Crippen LogP) is 3.10. The Balaban J connectivity index is 1.83. The van der Waals surface area contributed by atoms with Crippen molar-refractivity contribution in [1.82, 2.24) is 15.0 Å². The van der Waals surface area contributed by atoms with Gasteiger partial charge in [-0.05, 0) is 34.1 Å². The van der Waals surface area contributed by atoms with E-state index in [0.717, 1.165) is 10.2 Å². The fourth-order valence-corrected chi connectivity index (χ4v) is 2.42. The average molecular weight is 335 g/mol. The summed E-state index contributed by atoms with van der Waals surface area (Å²) < 4.78 is 1.68. The number of aromatic nitrogens is 3. The lowest BCUT2D eigenvalue weighted by molar-refractivity contribution is 0.102. The SMILES string of the molecule is O=C(Nc1ccc2scnc2c1)c1cnc(Br)cn1. The van der Waals surface area contributed by atoms with Crippen molar-refractivity contribution in [3.8, 4) is 0 Å². The summed E-state index contributed by atoms with van der Waals surface area (Å²) in [4.78, 5) is 24.1. The zero-order chi connectivity index (χ0) is 13.2. The molecule has 2 heterocycles. The van der Waals surface area contributed by atoms with Gasteiger partial charge in [0, 0.05) is 5.69 Å². The van der Waals surface area contributed by atoms with Crippen molar-refractivity contribution in [2.24, 2.45) is 0 Å². The van der Waals surface area contributed by atoms with Crippen molar-refractivity contribution in [2.75, 3.05) is 5.32 Å². The van der Waals surface area contributed by atoms with Crippen LogP contribution in [0.4, 0.5) is 5.69 Å². The minimum Gasteiger partial charge on any atom is -0.321 e. The van der Waals surface area contributed by atoms with Gasteiger partial charge in [0.15, 0.2) is 0 Å². The number of nitrogens with zero attached hydrogens (tertiary/aromatic N) is 3. The molecule has 0 atom stereocenters. The van der Waals surface area contributed by atoms with Crippen LogP contribution in [0.15, 0.2) is 40.7 Å². The fraction of sp³-hybridized carbons (Fsp3) is 0. The monoisotopic (exact) mass is 334 g/mol. The molecule has 1 aromatic carbocycles. The molecule has 1 amide bonds. The first-order valence-electron chi connectivity index (χ1n) is 5.34. The molecule has 0 unspecified atom stereocenters. The molecule has 0 saturated carbocycles. The molecule has 0 aliphatic heterocycles. The highest BCUT2D eigenvalue weighted by molar-refractivity contribution is 9.10. The van der Waals surface area contributed by atoms with Crippen LogP contribution in [0.25, 0.3) is 10.2 Å². The second kappa shape index (κ2) is 5.02. The van der Waals surface area contributed by atoms with E-state index in [1.165, 1.54) is 12.4 Å². The first-order valence-corrected chi connectivity index (χ1v) is 7.02. The number of hydrogen-bond acceptors (Lipinski definition) is 5. The maximum absolute atomic E-state index is 12.0. The van der Waals surface area contributed by atoms with Gasteiger partial charge in [0.05, 0.1) is 28.1 Å². The number of amides is 1. The van der Waals surface area contributed by atoms with Crippen molar-refractivity contribution >= 4 is 49.1 Å². The molecule has 0 bridgehead atoms. The summed E-state index contributed by atoms with van der Waals surface area (Å²) in [7, 11) is 0. The normalized spacial score (nSPS) is 10.6. The van der Waals surface area contributed by atoms with Crippen LogP contribution in [0.3, 0.4) is 0 Å². The molecule has 3 aromatic rings. The molecular formula is C12H7BrN4OS. The van der Waals surface area contributed by atoms with Gasteiger partial charge in [0.2, 0.25) is 0 Å². The number of rotatable bonds is 2. The van der Waals surface area contributed by atoms with E-state index in [4.69, 9.17) is 0 Å². The second-order valence-electron chi connectivity index (χ2n) is 3.71. The van der Waals surface area contributed by atoms with Crippen LogP contribution in [0.2, 0.25) is 0 Å². The van der Waals surface area contributed by atoms with Crippen molar-refractivity contribution < 1.29 is 4.79 Å². The Hall–Kier alpha value is -1.86. The Bertz CT molecular complexity index is 741. The van der Waals surface area contributed by atoms with E-state index >= 15 is 0 Å². The van der Waals surface area contributed by atoms with Crippen molar-refractivity contribution in [3.63, 3.8) is 0 Å². The smallest absolute Gasteiger partial charge is 0.275 e. The fourth-order valence-electron chi connectivity index (χ4n) is 1.56. The number of carbonyl (C=O) groups excluding carboxylic acids is 1. The van der Waals surface area contributed by atoms with Gasteiger partial charge in [-0.2, -0.15) is 0 Å². The molecule has 0 aliphatic carbocycles. The first kappa shape index (κ1) is 12.2. The standard InChI is InChI=1S/C12H7BrN4OS/c13-11-5-14-9(4-15-11)12(18)17-7-1-2-10-8(3-7)16-6-19-10/h1-6H,(H,17,18). The lowest BCUT2D eigenvalue weighted by Gasteiger charge is -2.04. The van der Waals surface area contributed by atoms with Gasteiger partial charge in [0.1, 0.15) is 10.3 Å². The lowest BCUT2D eigenvalue weighted by Crippen LogP contribution is -2.13. The lowest BCUT2D eigenvalue weighted by atomic mass is 10.3. The molecule has 94 valence electrons. The minimum absolute atomic E-state index is 0.265. The van der Waals surface area contributed by atoms with Crippen LogP contribution in [0.5, 0.6) is 0 Å². The Labute approximate surface area is 120 Å². The summed E-state index contributed by atoms with van der Waals surface area (Å²) in [6, 6.07) is 5.59. The zero-order valence-electron chi connectivity index (χ0n) is 9.50. The summed E-state index contributed by atoms with van der Waals surface area (Å²) in [5.41, 5.74) is 3.59. The number of halogens is 1. The number of thiazole rings is 1. The van der Waals surface area contributed by atoms with Crippen LogP contribution < -0.4 is 5.32 Å². The van der Waals surface area contributed by atoms with Crippen LogP contribution in [0.1, 0.15) is 10.5 Å². The highest BCUT2D eigenvalue weighted by Gasteiger charge is 2.08. The topological polar surface area (TPSA) is 67.8 Å². The molecule has 0 spiro atoms. The van der Waals surface area contributed by atoms with Crippen LogP contribution in [0, 0.1) is 0 Å². The minimum atomic E-state index is -0.297. The quantitative estimate of drug-likeness (QED) is 0.781. The van der Waals surface area contributed by atoms with Gasteiger partial charge in [0.25, 0.3) is 5.91 Å². The number of fused-ring (bicyclic) bond motifs is 1. The first-order chi connectivity index (χ1) is 9.22. The number of carbonyl (C=O) groups is 1. The molecular weight excluding hydrogens is 328 g/mol. The molecule has 0 radical (unpaired) electrons. The van der Waals surface area contributed by atoms with E-state index < -0.39 is 0 Å². The van der Waals surface area contributed by atoms with Gasteiger partial charge in [-0.1, -0.05) is 0 Å². The number of anilines is 1. The Morgan fingerprint density at radius 1 is 1.21 bits per heavy atom. The van der Waals surface area contributed by atoms with Crippen LogP contribution in [-0.4, -0.2) is 20.9 Å². The third kappa shape index (κ3) is 2.61. The molecule has 3 rings (SSSR count). The third-order valence-corrected chi connectivity index (χ3v) is 3.66. The third-order valence-electron chi connectivity index (χ3n) is 2.44. The number of nitrogens with one attached hydrogen (secondary N) is 1. The highest BCUT2D eigenvalue weighted by atomic mass is 79.9. The summed E-state index contributed by atoms with van der Waals surface area (Å²) in [6.45, 7) is 0. The van der Waals surface area contributed by atoms with Gasteiger partial charge in [-0.25, -0.2) is 15.0 Å². The highest BCUT2D eigenvalue weighted by Crippen LogP contribution is 2.21. The maximum Gasteiger partial charge on any atom is 0.275 e. The van der Waals surface area contributed by atoms with Gasteiger partial charge in [-0.15, -0.1) is 11.3 Å². The molecule has 19 heavy (non-hydrogen) atoms. The molecule has 2 aromatic heterocycles. The number of benzene rings is 1. The Morgan fingerprint density at radius 2 is 2.11 bits per heavy atom. The average Bonchev–Trinajstić information content (AvgIpc) is 2.87. The van der Waals surface area contributed by atoms with Gasteiger partial charge in [-0.3, -0.25) is 4.79 Å². The summed E-state index contributed by atoms with van der Waals surface area (Å²) in [5.74, 6) is -0.297. The Kier molecular flexibility index (Phi) is 3.22. The van der Waals surface area contributed by atoms with E-state index in [2.05, 4.69) is 36.2 Å². The molecule has 0 aliphatic rings. The summed E-state index contributed by atoms with van der Waals surface area (Å²) >= 11 is 4.73. The largest absolute Gasteiger partial charge is 0.321 e. The van der Waals surface area contributed by atoms with E-state index in [0.29, 0.717) is 10.3 Å². The molecule has 0 fully saturated rings. The van der Waals surface area contributed by atoms with E-state index in [-0.39, 0.29) is 11.6 Å². The summed E-state index contributed by atoms with van der Waals surface area (Å²) in [5, 5.41) is 2.77. The predicted molar refractivity (Wildman–Crippen MR) is 77.3 cm³/mol. The van der Waals surface area contributed by atoms with Crippen molar-refractivity contribution in [1.29, 1.82) is 0 Å². The van der Waals surface area contributed by atoms with Crippen LogP contribution in [-0.2, 0) is 0 Å². The molecule has 5 nitrogen and oxygen atoms in total. The number of hydrogen-bond donors (Lipinski definition) is 1. The summed E-state index contributed by atoms with van der Waals surface area (Å²) in [6.07, 6.45) is 2.90. The van der Waals surface area contributed by atoms with E-state index in [1.807, 2.05) is 18.2 Å². The maximum atomic E-state index is 12.0. The van der Waals surface area contributed by atoms with E-state index in [9.17, 15) is 4.79 Å². The van der Waals surface area contributed by atoms with Crippen molar-refractivity contribution in [3.05, 3.63) is 46.4 Å². The van der Waals surface area contributed by atoms with Gasteiger partial charge >= 0.3 is 0 Å². The molecule has 7 heteroatoms. The Morgan fingerprint density at radius 3 is 2.89 bits per heavy atom.